The second-order valence-electron chi connectivity index (χ2n) is 3.84. The van der Waals surface area contributed by atoms with E-state index >= 15 is 0 Å². The first-order valence-corrected chi connectivity index (χ1v) is 6.99. The van der Waals surface area contributed by atoms with Gasteiger partial charge in [-0.15, -0.1) is 0 Å². The molecular formula is C11H13NaO8S. The van der Waals surface area contributed by atoms with Crippen LogP contribution in [0.25, 0.3) is 0 Å². The van der Waals surface area contributed by atoms with Crippen molar-refractivity contribution in [2.45, 2.75) is 6.42 Å². The third-order valence-electron chi connectivity index (χ3n) is 2.22. The van der Waals surface area contributed by atoms with Gasteiger partial charge in [-0.3, -0.25) is 4.55 Å². The Labute approximate surface area is 144 Å². The molecule has 0 amide bonds. The number of carboxylic acids is 2. The van der Waals surface area contributed by atoms with E-state index in [2.05, 4.69) is 0 Å². The molecule has 0 aliphatic heterocycles. The van der Waals surface area contributed by atoms with Crippen LogP contribution in [0.2, 0.25) is 0 Å². The zero-order valence-electron chi connectivity index (χ0n) is 12.1. The Morgan fingerprint density at radius 1 is 1.10 bits per heavy atom. The Morgan fingerprint density at radius 2 is 1.57 bits per heavy atom. The number of hydrogen-bond donors (Lipinski definition) is 3. The fourth-order valence-electron chi connectivity index (χ4n) is 1.36. The molecule has 0 fully saturated rings. The molecule has 10 heteroatoms. The molecule has 0 saturated heterocycles. The largest absolute Gasteiger partial charge is 1.00 e. The molecule has 0 aromatic heterocycles. The van der Waals surface area contributed by atoms with Gasteiger partial charge in [-0.25, -0.2) is 9.59 Å². The Morgan fingerprint density at radius 3 is 1.95 bits per heavy atom. The van der Waals surface area contributed by atoms with Gasteiger partial charge in [0.2, 0.25) is 0 Å². The van der Waals surface area contributed by atoms with Crippen molar-refractivity contribution in [3.8, 4) is 5.75 Å². The van der Waals surface area contributed by atoms with E-state index in [-0.39, 0.29) is 60.9 Å². The summed E-state index contributed by atoms with van der Waals surface area (Å²) >= 11 is 0. The molecule has 0 spiro atoms. The van der Waals surface area contributed by atoms with E-state index in [4.69, 9.17) is 19.5 Å². The molecule has 1 rings (SSSR count). The summed E-state index contributed by atoms with van der Waals surface area (Å²) in [7, 11) is -4.09. The maximum absolute atomic E-state index is 10.8. The van der Waals surface area contributed by atoms with Crippen LogP contribution >= 0.6 is 0 Å². The average Bonchev–Trinajstić information content (AvgIpc) is 2.33. The second-order valence-corrected chi connectivity index (χ2v) is 5.42. The SMILES string of the molecule is O=C(O)c1cc(OCCCS(=O)(=O)O)cc(C(=O)O)c1.[H-].[Na+]. The van der Waals surface area contributed by atoms with Gasteiger partial charge in [0, 0.05) is 0 Å². The first-order chi connectivity index (χ1) is 9.19. The van der Waals surface area contributed by atoms with E-state index in [1.54, 1.807) is 0 Å². The summed E-state index contributed by atoms with van der Waals surface area (Å²) < 4.78 is 34.5. The molecule has 0 heterocycles. The predicted octanol–water partition coefficient (Wildman–Crippen LogP) is -2.14. The molecule has 0 aliphatic rings. The van der Waals surface area contributed by atoms with Gasteiger partial charge in [0.1, 0.15) is 5.75 Å². The monoisotopic (exact) mass is 328 g/mol. The van der Waals surface area contributed by atoms with Crippen molar-refractivity contribution < 1.29 is 68.5 Å². The minimum absolute atomic E-state index is 0. The van der Waals surface area contributed by atoms with Crippen LogP contribution in [0.15, 0.2) is 18.2 Å². The molecule has 0 aliphatic carbocycles. The van der Waals surface area contributed by atoms with Crippen LogP contribution in [0.5, 0.6) is 5.75 Å². The van der Waals surface area contributed by atoms with E-state index in [0.29, 0.717) is 0 Å². The molecule has 0 bridgehead atoms. The number of carboxylic acid groups (broad SMARTS) is 2. The number of hydrogen-bond acceptors (Lipinski definition) is 5. The normalized spacial score (nSPS) is 10.5. The van der Waals surface area contributed by atoms with Gasteiger partial charge in [-0.1, -0.05) is 0 Å². The van der Waals surface area contributed by atoms with Gasteiger partial charge >= 0.3 is 41.5 Å². The van der Waals surface area contributed by atoms with E-state index in [0.717, 1.165) is 18.2 Å². The topological polar surface area (TPSA) is 138 Å². The third kappa shape index (κ3) is 7.44. The molecule has 1 aromatic carbocycles. The van der Waals surface area contributed by atoms with Crippen molar-refractivity contribution in [2.24, 2.45) is 0 Å². The standard InChI is InChI=1S/C11H12O8S.Na.H/c12-10(13)7-4-8(11(14)15)6-9(5-7)19-2-1-3-20(16,17)18;;/h4-6H,1-3H2,(H,12,13)(H,14,15)(H,16,17,18);;/q;+1;-1. The van der Waals surface area contributed by atoms with Crippen LogP contribution in [0, 0.1) is 0 Å². The molecule has 21 heavy (non-hydrogen) atoms. The van der Waals surface area contributed by atoms with Crippen LogP contribution in [0.3, 0.4) is 0 Å². The van der Waals surface area contributed by atoms with Gasteiger partial charge in [-0.05, 0) is 24.6 Å². The third-order valence-corrected chi connectivity index (χ3v) is 3.02. The van der Waals surface area contributed by atoms with Gasteiger partial charge in [0.25, 0.3) is 10.1 Å². The van der Waals surface area contributed by atoms with Gasteiger partial charge in [-0.2, -0.15) is 8.42 Å². The van der Waals surface area contributed by atoms with Crippen molar-refractivity contribution in [1.29, 1.82) is 0 Å². The summed E-state index contributed by atoms with van der Waals surface area (Å²) in [6.07, 6.45) is -0.0153. The number of ether oxygens (including phenoxy) is 1. The van der Waals surface area contributed by atoms with Crippen molar-refractivity contribution >= 4 is 22.1 Å². The first kappa shape index (κ1) is 19.9. The summed E-state index contributed by atoms with van der Waals surface area (Å²) in [6, 6.07) is 3.24. The minimum atomic E-state index is -4.09. The molecule has 1 aromatic rings. The molecule has 0 saturated carbocycles. The quantitative estimate of drug-likeness (QED) is 0.293. The van der Waals surface area contributed by atoms with Crippen molar-refractivity contribution in [3.63, 3.8) is 0 Å². The smallest absolute Gasteiger partial charge is 1.00 e. The summed E-state index contributed by atoms with van der Waals surface area (Å²) in [4.78, 5) is 21.7. The number of aromatic carboxylic acids is 2. The van der Waals surface area contributed by atoms with E-state index in [9.17, 15) is 18.0 Å². The van der Waals surface area contributed by atoms with E-state index in [1.807, 2.05) is 0 Å². The number of benzene rings is 1. The summed E-state index contributed by atoms with van der Waals surface area (Å²) in [5.74, 6) is -3.12. The molecule has 8 nitrogen and oxygen atoms in total. The number of rotatable bonds is 7. The van der Waals surface area contributed by atoms with E-state index in [1.165, 1.54) is 0 Å². The average molecular weight is 328 g/mol. The molecule has 0 unspecified atom stereocenters. The molecule has 0 atom stereocenters. The Kier molecular flexibility index (Phi) is 7.90. The Hall–Kier alpha value is -1.13. The predicted molar refractivity (Wildman–Crippen MR) is 68.0 cm³/mol. The summed E-state index contributed by atoms with van der Waals surface area (Å²) in [6.45, 7) is -0.109. The maximum Gasteiger partial charge on any atom is 1.00 e. The summed E-state index contributed by atoms with van der Waals surface area (Å²) in [5.41, 5.74) is -0.510. The number of carbonyl (C=O) groups is 2. The van der Waals surface area contributed by atoms with E-state index < -0.39 is 27.8 Å². The van der Waals surface area contributed by atoms with Crippen molar-refractivity contribution in [3.05, 3.63) is 29.3 Å². The van der Waals surface area contributed by atoms with Gasteiger partial charge in [0.05, 0.1) is 23.5 Å². The first-order valence-electron chi connectivity index (χ1n) is 5.38. The van der Waals surface area contributed by atoms with Crippen LogP contribution in [0.1, 0.15) is 28.6 Å². The maximum atomic E-state index is 10.8. The van der Waals surface area contributed by atoms with Gasteiger partial charge < -0.3 is 16.4 Å². The van der Waals surface area contributed by atoms with Crippen LogP contribution in [0.4, 0.5) is 0 Å². The van der Waals surface area contributed by atoms with Crippen LogP contribution in [-0.4, -0.2) is 47.5 Å². The zero-order chi connectivity index (χ0) is 15.3. The Balaban J connectivity index is 0. The van der Waals surface area contributed by atoms with Crippen LogP contribution in [-0.2, 0) is 10.1 Å². The van der Waals surface area contributed by atoms with Crippen LogP contribution < -0.4 is 34.3 Å². The second kappa shape index (κ2) is 8.35. The fourth-order valence-corrected chi connectivity index (χ4v) is 1.84. The Bertz CT molecular complexity index is 599. The molecule has 0 radical (unpaired) electrons. The molecule has 3 N–H and O–H groups in total. The fraction of sp³-hybridized carbons (Fsp3) is 0.273. The molecule has 112 valence electrons. The van der Waals surface area contributed by atoms with Crippen molar-refractivity contribution in [2.75, 3.05) is 12.4 Å². The molecular weight excluding hydrogens is 315 g/mol. The summed E-state index contributed by atoms with van der Waals surface area (Å²) in [5, 5.41) is 17.7. The van der Waals surface area contributed by atoms with Gasteiger partial charge in [0.15, 0.2) is 0 Å². The minimum Gasteiger partial charge on any atom is -1.00 e. The van der Waals surface area contributed by atoms with Crippen molar-refractivity contribution in [1.82, 2.24) is 0 Å². The zero-order valence-corrected chi connectivity index (χ0v) is 14.0.